The molecule has 4 fully saturated rings. The van der Waals surface area contributed by atoms with Gasteiger partial charge < -0.3 is 10.1 Å². The number of carbonyl (C=O) groups is 2. The van der Waals surface area contributed by atoms with Crippen LogP contribution in [0.4, 0.5) is 0 Å². The lowest BCUT2D eigenvalue weighted by atomic mass is 9.49. The third-order valence-corrected chi connectivity index (χ3v) is 6.44. The highest BCUT2D eigenvalue weighted by atomic mass is 16.5. The highest BCUT2D eigenvalue weighted by molar-refractivity contribution is 5.94. The maximum Gasteiger partial charge on any atom is 0.257 e. The van der Waals surface area contributed by atoms with E-state index < -0.39 is 0 Å². The number of carbonyl (C=O) groups excluding carboxylic acids is 2. The second-order valence-electron chi connectivity index (χ2n) is 8.57. The topological polar surface area (TPSA) is 55.4 Å². The summed E-state index contributed by atoms with van der Waals surface area (Å²) in [6.45, 7) is 2.33. The van der Waals surface area contributed by atoms with E-state index >= 15 is 0 Å². The number of ether oxygens (including phenoxy) is 1. The Bertz CT molecular complexity index is 646. The fraction of sp³-hybridized carbons (Fsp3) is 0.619. The molecule has 0 aliphatic heterocycles. The van der Waals surface area contributed by atoms with Crippen molar-refractivity contribution in [1.29, 1.82) is 0 Å². The number of amides is 1. The summed E-state index contributed by atoms with van der Waals surface area (Å²) in [4.78, 5) is 23.6. The minimum Gasteiger partial charge on any atom is -0.484 e. The molecule has 0 aromatic heterocycles. The Hall–Kier alpha value is -1.84. The standard InChI is InChI=1S/C21H27NO3/c1-14(23)18-3-2-4-19(8-18)25-12-20(24)22-13-21-9-15-5-16(10-21)7-17(6-15)11-21/h2-4,8,15-17H,5-7,9-13H2,1H3,(H,22,24). The van der Waals surface area contributed by atoms with E-state index in [2.05, 4.69) is 5.32 Å². The third kappa shape index (κ3) is 3.58. The molecule has 1 amide bonds. The van der Waals surface area contributed by atoms with Crippen molar-refractivity contribution in [1.82, 2.24) is 5.32 Å². The normalized spacial score (nSPS) is 32.4. The molecule has 4 bridgehead atoms. The molecule has 1 aromatic rings. The zero-order valence-electron chi connectivity index (χ0n) is 14.9. The average Bonchev–Trinajstić information content (AvgIpc) is 2.57. The van der Waals surface area contributed by atoms with Crippen molar-refractivity contribution >= 4 is 11.7 Å². The van der Waals surface area contributed by atoms with Gasteiger partial charge in [0.15, 0.2) is 12.4 Å². The van der Waals surface area contributed by atoms with Crippen molar-refractivity contribution in [3.63, 3.8) is 0 Å². The predicted octanol–water partition coefficient (Wildman–Crippen LogP) is 3.60. The van der Waals surface area contributed by atoms with Crippen LogP contribution in [0.25, 0.3) is 0 Å². The maximum atomic E-state index is 12.2. The summed E-state index contributed by atoms with van der Waals surface area (Å²) in [7, 11) is 0. The van der Waals surface area contributed by atoms with E-state index in [4.69, 9.17) is 4.74 Å². The molecule has 0 spiro atoms. The van der Waals surface area contributed by atoms with Gasteiger partial charge in [-0.2, -0.15) is 0 Å². The Labute approximate surface area is 149 Å². The number of rotatable bonds is 6. The van der Waals surface area contributed by atoms with Gasteiger partial charge in [0.25, 0.3) is 5.91 Å². The molecule has 1 N–H and O–H groups in total. The zero-order valence-corrected chi connectivity index (χ0v) is 14.9. The van der Waals surface area contributed by atoms with Crippen LogP contribution in [0.15, 0.2) is 24.3 Å². The first-order chi connectivity index (χ1) is 12.0. The first-order valence-electron chi connectivity index (χ1n) is 9.52. The summed E-state index contributed by atoms with van der Waals surface area (Å²) in [5.41, 5.74) is 0.949. The second-order valence-corrected chi connectivity index (χ2v) is 8.57. The Morgan fingerprint density at radius 3 is 2.36 bits per heavy atom. The maximum absolute atomic E-state index is 12.2. The monoisotopic (exact) mass is 341 g/mol. The van der Waals surface area contributed by atoms with Crippen LogP contribution in [0.5, 0.6) is 5.75 Å². The van der Waals surface area contributed by atoms with Crippen LogP contribution in [0.1, 0.15) is 55.8 Å². The van der Waals surface area contributed by atoms with E-state index in [1.165, 1.54) is 45.4 Å². The van der Waals surface area contributed by atoms with Crippen molar-refractivity contribution in [3.8, 4) is 5.75 Å². The van der Waals surface area contributed by atoms with E-state index in [1.54, 1.807) is 24.3 Å². The molecule has 1 aromatic carbocycles. The molecular formula is C21H27NO3. The lowest BCUT2D eigenvalue weighted by Gasteiger charge is -2.56. The SMILES string of the molecule is CC(=O)c1cccc(OCC(=O)NCC23CC4CC(CC(C4)C2)C3)c1. The van der Waals surface area contributed by atoms with Crippen LogP contribution >= 0.6 is 0 Å². The first-order valence-corrected chi connectivity index (χ1v) is 9.52. The summed E-state index contributed by atoms with van der Waals surface area (Å²) in [5.74, 6) is 3.19. The molecule has 4 saturated carbocycles. The molecule has 0 radical (unpaired) electrons. The van der Waals surface area contributed by atoms with Gasteiger partial charge in [-0.25, -0.2) is 0 Å². The van der Waals surface area contributed by atoms with Crippen LogP contribution < -0.4 is 10.1 Å². The van der Waals surface area contributed by atoms with Gasteiger partial charge in [0, 0.05) is 12.1 Å². The zero-order chi connectivity index (χ0) is 17.4. The second kappa shape index (κ2) is 6.47. The van der Waals surface area contributed by atoms with Crippen molar-refractivity contribution in [2.75, 3.05) is 13.2 Å². The minimum atomic E-state index is -0.0658. The van der Waals surface area contributed by atoms with Gasteiger partial charge in [-0.15, -0.1) is 0 Å². The van der Waals surface area contributed by atoms with Crippen LogP contribution in [0.2, 0.25) is 0 Å². The van der Waals surface area contributed by atoms with Crippen LogP contribution in [0.3, 0.4) is 0 Å². The van der Waals surface area contributed by atoms with Gasteiger partial charge >= 0.3 is 0 Å². The lowest BCUT2D eigenvalue weighted by Crippen LogP contribution is -2.51. The van der Waals surface area contributed by atoms with Crippen molar-refractivity contribution < 1.29 is 14.3 Å². The molecule has 0 unspecified atom stereocenters. The summed E-state index contributed by atoms with van der Waals surface area (Å²) >= 11 is 0. The van der Waals surface area contributed by atoms with Gasteiger partial charge in [0.1, 0.15) is 5.75 Å². The molecule has 25 heavy (non-hydrogen) atoms. The molecule has 0 saturated heterocycles. The largest absolute Gasteiger partial charge is 0.484 e. The summed E-state index contributed by atoms with van der Waals surface area (Å²) in [5, 5.41) is 3.12. The molecular weight excluding hydrogens is 314 g/mol. The van der Waals surface area contributed by atoms with E-state index in [1.807, 2.05) is 0 Å². The fourth-order valence-corrected chi connectivity index (χ4v) is 5.80. The first kappa shape index (κ1) is 16.6. The summed E-state index contributed by atoms with van der Waals surface area (Å²) in [6.07, 6.45) is 8.14. The lowest BCUT2D eigenvalue weighted by molar-refractivity contribution is -0.125. The van der Waals surface area contributed by atoms with Gasteiger partial charge in [-0.3, -0.25) is 9.59 Å². The molecule has 0 heterocycles. The van der Waals surface area contributed by atoms with Crippen LogP contribution in [0, 0.1) is 23.2 Å². The fourth-order valence-electron chi connectivity index (χ4n) is 5.80. The van der Waals surface area contributed by atoms with E-state index in [0.717, 1.165) is 24.3 Å². The summed E-state index contributed by atoms with van der Waals surface area (Å²) in [6, 6.07) is 7.00. The molecule has 134 valence electrons. The Balaban J connectivity index is 1.28. The highest BCUT2D eigenvalue weighted by Crippen LogP contribution is 2.59. The van der Waals surface area contributed by atoms with Crippen molar-refractivity contribution in [2.45, 2.75) is 45.4 Å². The minimum absolute atomic E-state index is 0.00304. The molecule has 4 aliphatic carbocycles. The predicted molar refractivity (Wildman–Crippen MR) is 95.6 cm³/mol. The van der Waals surface area contributed by atoms with Crippen molar-refractivity contribution in [2.24, 2.45) is 23.2 Å². The summed E-state index contributed by atoms with van der Waals surface area (Å²) < 4.78 is 5.57. The molecule has 4 nitrogen and oxygen atoms in total. The number of Topliss-reactive ketones (excluding diaryl/α,β-unsaturated/α-hetero) is 1. The van der Waals surface area contributed by atoms with Crippen LogP contribution in [-0.4, -0.2) is 24.8 Å². The molecule has 4 aliphatic rings. The smallest absolute Gasteiger partial charge is 0.257 e. The van der Waals surface area contributed by atoms with E-state index in [9.17, 15) is 9.59 Å². The third-order valence-electron chi connectivity index (χ3n) is 6.44. The molecule has 0 atom stereocenters. The van der Waals surface area contributed by atoms with Gasteiger partial charge in [0.2, 0.25) is 0 Å². The van der Waals surface area contributed by atoms with Crippen molar-refractivity contribution in [3.05, 3.63) is 29.8 Å². The molecule has 5 rings (SSSR count). The van der Waals surface area contributed by atoms with Gasteiger partial charge in [-0.05, 0) is 80.8 Å². The number of benzene rings is 1. The molecule has 4 heteroatoms. The Morgan fingerprint density at radius 2 is 1.76 bits per heavy atom. The van der Waals surface area contributed by atoms with Gasteiger partial charge in [0.05, 0.1) is 0 Å². The number of nitrogens with one attached hydrogen (secondary N) is 1. The van der Waals surface area contributed by atoms with E-state index in [-0.39, 0.29) is 18.3 Å². The van der Waals surface area contributed by atoms with E-state index in [0.29, 0.717) is 16.7 Å². The highest BCUT2D eigenvalue weighted by Gasteiger charge is 2.50. The number of ketones is 1. The van der Waals surface area contributed by atoms with Crippen LogP contribution in [-0.2, 0) is 4.79 Å². The Kier molecular flexibility index (Phi) is 4.30. The van der Waals surface area contributed by atoms with Gasteiger partial charge in [-0.1, -0.05) is 12.1 Å². The Morgan fingerprint density at radius 1 is 1.12 bits per heavy atom. The number of hydrogen-bond acceptors (Lipinski definition) is 3. The quantitative estimate of drug-likeness (QED) is 0.804. The number of hydrogen-bond donors (Lipinski definition) is 1. The average molecular weight is 341 g/mol.